The number of aromatic nitrogens is 5. The molecule has 0 amide bonds. The highest BCUT2D eigenvalue weighted by atomic mass is 35.5. The molecular weight excluding hydrogens is 420 g/mol. The maximum Gasteiger partial charge on any atom is 0.278 e. The predicted octanol–water partition coefficient (Wildman–Crippen LogP) is 4.05. The number of halogens is 1. The Hall–Kier alpha value is -3.22. The van der Waals surface area contributed by atoms with Crippen LogP contribution in [0.25, 0.3) is 28.1 Å². The summed E-state index contributed by atoms with van der Waals surface area (Å²) in [4.78, 5) is 22.6. The molecule has 10 heteroatoms. The first kappa shape index (κ1) is 19.7. The van der Waals surface area contributed by atoms with E-state index in [1.165, 1.54) is 6.33 Å². The molecule has 4 heterocycles. The van der Waals surface area contributed by atoms with E-state index in [4.69, 9.17) is 20.9 Å². The molecule has 1 saturated heterocycles. The van der Waals surface area contributed by atoms with Crippen LogP contribution in [0.15, 0.2) is 27.8 Å². The molecule has 1 fully saturated rings. The first-order chi connectivity index (χ1) is 15.0. The molecule has 1 aromatic carbocycles. The number of hydrogen-bond donors (Lipinski definition) is 0. The molecule has 2 unspecified atom stereocenters. The molecule has 1 aliphatic rings. The van der Waals surface area contributed by atoms with Gasteiger partial charge in [0.25, 0.3) is 11.4 Å². The number of ether oxygens (including phenoxy) is 1. The van der Waals surface area contributed by atoms with Crippen molar-refractivity contribution < 1.29 is 9.26 Å². The molecule has 3 aromatic heterocycles. The van der Waals surface area contributed by atoms with Gasteiger partial charge in [-0.3, -0.25) is 9.20 Å². The number of nitrogens with zero attached hydrogens (tertiary/aromatic N) is 6. The molecule has 9 nitrogen and oxygen atoms in total. The van der Waals surface area contributed by atoms with Crippen molar-refractivity contribution in [1.82, 2.24) is 24.1 Å². The molecule has 31 heavy (non-hydrogen) atoms. The molecule has 1 aliphatic heterocycles. The Morgan fingerprint density at radius 2 is 2.23 bits per heavy atom. The summed E-state index contributed by atoms with van der Waals surface area (Å²) < 4.78 is 14.3. The smallest absolute Gasteiger partial charge is 0.278 e. The van der Waals surface area contributed by atoms with Gasteiger partial charge in [-0.05, 0) is 38.3 Å². The maximum atomic E-state index is 13.7. The van der Waals surface area contributed by atoms with Crippen LogP contribution < -0.4 is 5.56 Å². The van der Waals surface area contributed by atoms with Gasteiger partial charge < -0.3 is 13.8 Å². The van der Waals surface area contributed by atoms with Crippen LogP contribution in [0, 0.1) is 11.3 Å². The van der Waals surface area contributed by atoms with Crippen molar-refractivity contribution in [3.63, 3.8) is 0 Å². The third-order valence-corrected chi connectivity index (χ3v) is 6.11. The Kier molecular flexibility index (Phi) is 4.76. The largest absolute Gasteiger partial charge is 0.368 e. The second-order valence-corrected chi connectivity index (χ2v) is 8.01. The van der Waals surface area contributed by atoms with Gasteiger partial charge >= 0.3 is 0 Å². The summed E-state index contributed by atoms with van der Waals surface area (Å²) in [5.74, 6) is 0.616. The van der Waals surface area contributed by atoms with Crippen LogP contribution in [-0.4, -0.2) is 30.7 Å². The van der Waals surface area contributed by atoms with E-state index in [0.29, 0.717) is 46.2 Å². The fraction of sp³-hybridized carbons (Fsp3) is 0.381. The summed E-state index contributed by atoms with van der Waals surface area (Å²) in [6.45, 7) is 4.57. The Bertz CT molecular complexity index is 1410. The zero-order valence-electron chi connectivity index (χ0n) is 17.0. The van der Waals surface area contributed by atoms with Crippen molar-refractivity contribution in [2.75, 3.05) is 6.61 Å². The monoisotopic (exact) mass is 438 g/mol. The average molecular weight is 439 g/mol. The van der Waals surface area contributed by atoms with Crippen molar-refractivity contribution >= 4 is 28.2 Å². The number of benzene rings is 1. The molecule has 0 N–H and O–H groups in total. The quantitative estimate of drug-likeness (QED) is 0.472. The summed E-state index contributed by atoms with van der Waals surface area (Å²) in [6, 6.07) is 5.41. The second kappa shape index (κ2) is 7.48. The van der Waals surface area contributed by atoms with Gasteiger partial charge in [0.15, 0.2) is 0 Å². The molecule has 0 radical (unpaired) electrons. The standard InChI is InChI=1S/C21H19ClN6O3/c1-3-11(2)28-17-12(9-23)13(22)6-7-14(17)27-10-24-16(18(27)21(28)29)19-25-20(31-26-19)15-5-4-8-30-15/h6-7,10-11,15H,3-5,8H2,1-2H3. The van der Waals surface area contributed by atoms with Crippen LogP contribution >= 0.6 is 11.6 Å². The first-order valence-corrected chi connectivity index (χ1v) is 10.5. The van der Waals surface area contributed by atoms with Gasteiger partial charge in [0.2, 0.25) is 5.82 Å². The molecule has 2 atom stereocenters. The van der Waals surface area contributed by atoms with Crippen LogP contribution in [0.5, 0.6) is 0 Å². The van der Waals surface area contributed by atoms with Crippen LogP contribution in [-0.2, 0) is 4.74 Å². The average Bonchev–Trinajstić information content (AvgIpc) is 3.53. The van der Waals surface area contributed by atoms with Gasteiger partial charge in [-0.2, -0.15) is 10.2 Å². The van der Waals surface area contributed by atoms with E-state index in [1.807, 2.05) is 13.8 Å². The molecule has 158 valence electrons. The topological polar surface area (TPSA) is 111 Å². The van der Waals surface area contributed by atoms with E-state index in [0.717, 1.165) is 12.8 Å². The normalized spacial score (nSPS) is 17.4. The number of rotatable bonds is 4. The van der Waals surface area contributed by atoms with Crippen molar-refractivity contribution in [3.8, 4) is 17.6 Å². The minimum Gasteiger partial charge on any atom is -0.368 e. The van der Waals surface area contributed by atoms with E-state index < -0.39 is 0 Å². The molecule has 0 spiro atoms. The zero-order valence-corrected chi connectivity index (χ0v) is 17.8. The van der Waals surface area contributed by atoms with E-state index >= 15 is 0 Å². The van der Waals surface area contributed by atoms with Gasteiger partial charge in [0.05, 0.1) is 21.6 Å². The molecular formula is C21H19ClN6O3. The van der Waals surface area contributed by atoms with Crippen molar-refractivity contribution in [3.05, 3.63) is 45.3 Å². The van der Waals surface area contributed by atoms with Crippen LogP contribution in [0.4, 0.5) is 0 Å². The third kappa shape index (κ3) is 2.94. The lowest BCUT2D eigenvalue weighted by Crippen LogP contribution is -2.26. The number of imidazole rings is 1. The Balaban J connectivity index is 1.82. The molecule has 0 saturated carbocycles. The van der Waals surface area contributed by atoms with Crippen LogP contribution in [0.3, 0.4) is 0 Å². The van der Waals surface area contributed by atoms with E-state index in [2.05, 4.69) is 21.2 Å². The van der Waals surface area contributed by atoms with Gasteiger partial charge in [-0.1, -0.05) is 23.7 Å². The third-order valence-electron chi connectivity index (χ3n) is 5.80. The van der Waals surface area contributed by atoms with Gasteiger partial charge in [0, 0.05) is 12.6 Å². The van der Waals surface area contributed by atoms with E-state index in [-0.39, 0.29) is 29.1 Å². The van der Waals surface area contributed by atoms with Gasteiger partial charge in [-0.15, -0.1) is 0 Å². The highest BCUT2D eigenvalue weighted by Crippen LogP contribution is 2.32. The maximum absolute atomic E-state index is 13.7. The molecule has 0 bridgehead atoms. The van der Waals surface area contributed by atoms with Gasteiger partial charge in [0.1, 0.15) is 29.7 Å². The van der Waals surface area contributed by atoms with Gasteiger partial charge in [-0.25, -0.2) is 4.98 Å². The van der Waals surface area contributed by atoms with Crippen molar-refractivity contribution in [2.45, 2.75) is 45.3 Å². The fourth-order valence-corrected chi connectivity index (χ4v) is 4.25. The fourth-order valence-electron chi connectivity index (χ4n) is 4.05. The highest BCUT2D eigenvalue weighted by Gasteiger charge is 2.27. The molecule has 0 aliphatic carbocycles. The van der Waals surface area contributed by atoms with Crippen molar-refractivity contribution in [2.24, 2.45) is 0 Å². The summed E-state index contributed by atoms with van der Waals surface area (Å²) in [5, 5.41) is 14.1. The second-order valence-electron chi connectivity index (χ2n) is 7.60. The van der Waals surface area contributed by atoms with E-state index in [9.17, 15) is 10.1 Å². The molecule has 4 aromatic rings. The predicted molar refractivity (Wildman–Crippen MR) is 113 cm³/mol. The Morgan fingerprint density at radius 1 is 1.39 bits per heavy atom. The van der Waals surface area contributed by atoms with Crippen LogP contribution in [0.1, 0.15) is 56.7 Å². The Morgan fingerprint density at radius 3 is 2.94 bits per heavy atom. The number of nitriles is 1. The summed E-state index contributed by atoms with van der Waals surface area (Å²) >= 11 is 6.29. The SMILES string of the molecule is CCC(C)n1c(=O)c2c(-c3noc(C4CCCO4)n3)ncn2c2ccc(Cl)c(C#N)c21. The molecule has 5 rings (SSSR count). The van der Waals surface area contributed by atoms with Crippen molar-refractivity contribution in [1.29, 1.82) is 5.26 Å². The number of fused-ring (bicyclic) bond motifs is 3. The lowest BCUT2D eigenvalue weighted by atomic mass is 10.1. The lowest BCUT2D eigenvalue weighted by molar-refractivity contribution is 0.0835. The zero-order chi connectivity index (χ0) is 21.7. The first-order valence-electron chi connectivity index (χ1n) is 10.1. The Labute approximate surface area is 181 Å². The van der Waals surface area contributed by atoms with E-state index in [1.54, 1.807) is 21.1 Å². The minimum atomic E-state index is -0.295. The summed E-state index contributed by atoms with van der Waals surface area (Å²) in [7, 11) is 0. The summed E-state index contributed by atoms with van der Waals surface area (Å²) in [6.07, 6.45) is 3.75. The highest BCUT2D eigenvalue weighted by molar-refractivity contribution is 6.32. The summed E-state index contributed by atoms with van der Waals surface area (Å²) in [5.41, 5.74) is 1.74. The number of hydrogen-bond acceptors (Lipinski definition) is 7. The lowest BCUT2D eigenvalue weighted by Gasteiger charge is -2.19. The minimum absolute atomic E-state index is 0.166. The van der Waals surface area contributed by atoms with Crippen LogP contribution in [0.2, 0.25) is 5.02 Å².